The molecule has 0 atom stereocenters. The number of amides is 2. The molecule has 1 fully saturated rings. The summed E-state index contributed by atoms with van der Waals surface area (Å²) in [5.41, 5.74) is 1.02. The molecule has 0 radical (unpaired) electrons. The topological polar surface area (TPSA) is 101 Å². The van der Waals surface area contributed by atoms with Gasteiger partial charge in [0.2, 0.25) is 10.0 Å². The lowest BCUT2D eigenvalue weighted by Gasteiger charge is -2.26. The third kappa shape index (κ3) is 4.15. The lowest BCUT2D eigenvalue weighted by atomic mass is 10.2. The molecule has 1 aliphatic rings. The van der Waals surface area contributed by atoms with Gasteiger partial charge >= 0.3 is 6.03 Å². The van der Waals surface area contributed by atoms with Crippen molar-refractivity contribution in [3.05, 3.63) is 35.3 Å². The maximum Gasteiger partial charge on any atom is 0.325 e. The molecule has 2 N–H and O–H groups in total. The zero-order valence-electron chi connectivity index (χ0n) is 13.6. The van der Waals surface area contributed by atoms with Gasteiger partial charge in [0, 0.05) is 30.4 Å². The Balaban J connectivity index is 1.79. The van der Waals surface area contributed by atoms with Gasteiger partial charge in [-0.25, -0.2) is 18.2 Å². The first kappa shape index (κ1) is 17.8. The molecule has 0 aliphatic carbocycles. The molecule has 2 amide bonds. The molecule has 1 aromatic carbocycles. The number of anilines is 2. The fourth-order valence-electron chi connectivity index (χ4n) is 2.43. The van der Waals surface area contributed by atoms with E-state index in [1.165, 1.54) is 21.7 Å². The van der Waals surface area contributed by atoms with Gasteiger partial charge < -0.3 is 10.1 Å². The summed E-state index contributed by atoms with van der Waals surface area (Å²) in [5.74, 6) is 0. The molecule has 2 aromatic rings. The second-order valence-corrected chi connectivity index (χ2v) is 8.21. The van der Waals surface area contributed by atoms with Crippen molar-refractivity contribution < 1.29 is 17.9 Å². The van der Waals surface area contributed by atoms with Crippen LogP contribution in [0, 0.1) is 6.92 Å². The van der Waals surface area contributed by atoms with Crippen LogP contribution >= 0.6 is 11.3 Å². The fraction of sp³-hybridized carbons (Fsp3) is 0.333. The van der Waals surface area contributed by atoms with Crippen molar-refractivity contribution in [3.63, 3.8) is 0 Å². The Morgan fingerprint density at radius 3 is 2.72 bits per heavy atom. The Morgan fingerprint density at radius 1 is 1.28 bits per heavy atom. The van der Waals surface area contributed by atoms with Gasteiger partial charge in [-0.2, -0.15) is 4.31 Å². The maximum absolute atomic E-state index is 12.8. The molecule has 8 nitrogen and oxygen atoms in total. The maximum atomic E-state index is 12.8. The number of carbonyl (C=O) groups excluding carboxylic acids is 1. The number of urea groups is 1. The highest BCUT2D eigenvalue weighted by atomic mass is 32.2. The van der Waals surface area contributed by atoms with Crippen LogP contribution in [0.1, 0.15) is 5.56 Å². The van der Waals surface area contributed by atoms with E-state index in [0.29, 0.717) is 42.7 Å². The lowest BCUT2D eigenvalue weighted by Crippen LogP contribution is -2.40. The minimum absolute atomic E-state index is 0.182. The predicted molar refractivity (Wildman–Crippen MR) is 95.5 cm³/mol. The summed E-state index contributed by atoms with van der Waals surface area (Å²) < 4.78 is 32.3. The lowest BCUT2D eigenvalue weighted by molar-refractivity contribution is 0.0730. The number of benzene rings is 1. The molecular formula is C15H18N4O4S2. The Kier molecular flexibility index (Phi) is 5.33. The quantitative estimate of drug-likeness (QED) is 0.844. The molecule has 0 bridgehead atoms. The van der Waals surface area contributed by atoms with Crippen molar-refractivity contribution in [2.45, 2.75) is 11.8 Å². The van der Waals surface area contributed by atoms with Crippen LogP contribution in [0.3, 0.4) is 0 Å². The van der Waals surface area contributed by atoms with Crippen LogP contribution in [-0.4, -0.2) is 50.0 Å². The molecule has 1 aromatic heterocycles. The summed E-state index contributed by atoms with van der Waals surface area (Å²) in [6, 6.07) is 4.33. The minimum atomic E-state index is -3.63. The van der Waals surface area contributed by atoms with E-state index >= 15 is 0 Å². The van der Waals surface area contributed by atoms with Crippen molar-refractivity contribution in [2.24, 2.45) is 0 Å². The van der Waals surface area contributed by atoms with Crippen molar-refractivity contribution in [1.29, 1.82) is 0 Å². The number of morpholine rings is 1. The van der Waals surface area contributed by atoms with Crippen LogP contribution in [0.4, 0.5) is 15.6 Å². The normalized spacial score (nSPS) is 15.7. The van der Waals surface area contributed by atoms with Gasteiger partial charge in [0.15, 0.2) is 5.13 Å². The Morgan fingerprint density at radius 2 is 2.04 bits per heavy atom. The second-order valence-electron chi connectivity index (χ2n) is 5.41. The number of carbonyl (C=O) groups is 1. The molecule has 1 aliphatic heterocycles. The monoisotopic (exact) mass is 382 g/mol. The van der Waals surface area contributed by atoms with Crippen molar-refractivity contribution >= 4 is 38.2 Å². The molecule has 0 spiro atoms. The number of thiazole rings is 1. The number of aryl methyl sites for hydroxylation is 1. The number of sulfonamides is 1. The SMILES string of the molecule is Cc1ccc(NC(=O)Nc2nccs2)cc1S(=O)(=O)N1CCOCC1. The van der Waals surface area contributed by atoms with E-state index in [1.54, 1.807) is 30.6 Å². The van der Waals surface area contributed by atoms with Crippen LogP contribution in [0.15, 0.2) is 34.7 Å². The number of nitrogens with zero attached hydrogens (tertiary/aromatic N) is 2. The van der Waals surface area contributed by atoms with Gasteiger partial charge in [-0.3, -0.25) is 5.32 Å². The molecule has 1 saturated heterocycles. The van der Waals surface area contributed by atoms with E-state index in [2.05, 4.69) is 15.6 Å². The highest BCUT2D eigenvalue weighted by Gasteiger charge is 2.28. The summed E-state index contributed by atoms with van der Waals surface area (Å²) in [5, 5.41) is 7.43. The number of rotatable bonds is 4. The van der Waals surface area contributed by atoms with E-state index in [9.17, 15) is 13.2 Å². The molecule has 134 valence electrons. The summed E-state index contributed by atoms with van der Waals surface area (Å²) in [6.45, 7) is 3.14. The average molecular weight is 382 g/mol. The zero-order valence-corrected chi connectivity index (χ0v) is 15.2. The van der Waals surface area contributed by atoms with Gasteiger partial charge in [-0.1, -0.05) is 6.07 Å². The van der Waals surface area contributed by atoms with Crippen LogP contribution in [-0.2, 0) is 14.8 Å². The van der Waals surface area contributed by atoms with Crippen molar-refractivity contribution in [1.82, 2.24) is 9.29 Å². The summed E-state index contributed by atoms with van der Waals surface area (Å²) in [6.07, 6.45) is 1.58. The summed E-state index contributed by atoms with van der Waals surface area (Å²) >= 11 is 1.29. The zero-order chi connectivity index (χ0) is 17.9. The molecule has 3 rings (SSSR count). The average Bonchev–Trinajstić information content (AvgIpc) is 3.10. The first-order valence-corrected chi connectivity index (χ1v) is 9.95. The molecule has 0 saturated carbocycles. The van der Waals surface area contributed by atoms with E-state index in [0.717, 1.165) is 0 Å². The van der Waals surface area contributed by atoms with Crippen molar-refractivity contribution in [3.8, 4) is 0 Å². The minimum Gasteiger partial charge on any atom is -0.379 e. The van der Waals surface area contributed by atoms with E-state index in [4.69, 9.17) is 4.74 Å². The Hall–Kier alpha value is -2.01. The van der Waals surface area contributed by atoms with E-state index < -0.39 is 16.1 Å². The smallest absolute Gasteiger partial charge is 0.325 e. The van der Waals surface area contributed by atoms with Gasteiger partial charge in [-0.05, 0) is 24.6 Å². The van der Waals surface area contributed by atoms with E-state index in [-0.39, 0.29) is 4.90 Å². The fourth-order valence-corrected chi connectivity index (χ4v) is 4.61. The summed E-state index contributed by atoms with van der Waals surface area (Å²) in [7, 11) is -3.63. The number of nitrogens with one attached hydrogen (secondary N) is 2. The van der Waals surface area contributed by atoms with Crippen LogP contribution in [0.25, 0.3) is 0 Å². The second kappa shape index (κ2) is 7.48. The Labute approximate surface area is 149 Å². The first-order valence-electron chi connectivity index (χ1n) is 7.63. The summed E-state index contributed by atoms with van der Waals surface area (Å²) in [4.78, 5) is 16.1. The number of hydrogen-bond donors (Lipinski definition) is 2. The third-order valence-corrected chi connectivity index (χ3v) is 6.42. The predicted octanol–water partition coefficient (Wildman–Crippen LogP) is 2.12. The van der Waals surface area contributed by atoms with Gasteiger partial charge in [0.25, 0.3) is 0 Å². The van der Waals surface area contributed by atoms with E-state index in [1.807, 2.05) is 0 Å². The van der Waals surface area contributed by atoms with Crippen molar-refractivity contribution in [2.75, 3.05) is 36.9 Å². The van der Waals surface area contributed by atoms with Crippen LogP contribution < -0.4 is 10.6 Å². The van der Waals surface area contributed by atoms with Gasteiger partial charge in [-0.15, -0.1) is 11.3 Å². The number of aromatic nitrogens is 1. The molecule has 2 heterocycles. The van der Waals surface area contributed by atoms with Gasteiger partial charge in [0.05, 0.1) is 18.1 Å². The molecule has 0 unspecified atom stereocenters. The molecule has 10 heteroatoms. The number of hydrogen-bond acceptors (Lipinski definition) is 6. The van der Waals surface area contributed by atoms with Gasteiger partial charge in [0.1, 0.15) is 0 Å². The molecular weight excluding hydrogens is 364 g/mol. The van der Waals surface area contributed by atoms with Crippen LogP contribution in [0.5, 0.6) is 0 Å². The third-order valence-electron chi connectivity index (χ3n) is 3.69. The Bertz CT molecular complexity index is 846. The highest BCUT2D eigenvalue weighted by Crippen LogP contribution is 2.24. The van der Waals surface area contributed by atoms with Crippen LogP contribution in [0.2, 0.25) is 0 Å². The number of ether oxygens (including phenoxy) is 1. The standard InChI is InChI=1S/C15H18N4O4S2/c1-11-2-3-12(17-14(20)18-15-16-4-9-24-15)10-13(11)25(21,22)19-5-7-23-8-6-19/h2-4,9-10H,5-8H2,1H3,(H2,16,17,18,20). The molecule has 25 heavy (non-hydrogen) atoms. The first-order chi connectivity index (χ1) is 12.0. The largest absolute Gasteiger partial charge is 0.379 e. The highest BCUT2D eigenvalue weighted by molar-refractivity contribution is 7.89.